The van der Waals surface area contributed by atoms with Crippen LogP contribution in [0.4, 0.5) is 5.69 Å². The van der Waals surface area contributed by atoms with Gasteiger partial charge >= 0.3 is 0 Å². The van der Waals surface area contributed by atoms with Crippen molar-refractivity contribution in [2.24, 2.45) is 0 Å². The summed E-state index contributed by atoms with van der Waals surface area (Å²) in [7, 11) is 0. The van der Waals surface area contributed by atoms with Crippen LogP contribution in [0.1, 0.15) is 11.1 Å². The molecule has 0 bridgehead atoms. The zero-order chi connectivity index (χ0) is 8.97. The van der Waals surface area contributed by atoms with Crippen LogP contribution in [0, 0.1) is 6.92 Å². The molecule has 2 N–H and O–H groups in total. The Morgan fingerprint density at radius 2 is 2.25 bits per heavy atom. The van der Waals surface area contributed by atoms with Crippen molar-refractivity contribution in [1.29, 1.82) is 0 Å². The average Bonchev–Trinajstić information content (AvgIpc) is 2.07. The summed E-state index contributed by atoms with van der Waals surface area (Å²) >= 11 is -0.0272. The lowest BCUT2D eigenvalue weighted by molar-refractivity contribution is 1.46. The molecule has 2 heteroatoms. The van der Waals surface area contributed by atoms with Gasteiger partial charge in [0.2, 0.25) is 0 Å². The molecular formula is C10H12IN. The quantitative estimate of drug-likeness (QED) is 0.650. The number of hydrogen-bond donors (Lipinski definition) is 1. The molecule has 1 rings (SSSR count). The Kier molecular flexibility index (Phi) is 3.47. The fraction of sp³-hybridized carbons (Fsp3) is 0.100. The predicted octanol–water partition coefficient (Wildman–Crippen LogP) is 2.95. The molecule has 0 saturated carbocycles. The molecule has 0 aliphatic carbocycles. The van der Waals surface area contributed by atoms with E-state index in [1.165, 1.54) is 5.56 Å². The van der Waals surface area contributed by atoms with Crippen molar-refractivity contribution in [3.8, 4) is 0 Å². The van der Waals surface area contributed by atoms with Crippen LogP contribution in [0.15, 0.2) is 22.3 Å². The molecular weight excluding hydrogens is 261 g/mol. The maximum Gasteiger partial charge on any atom is 0.0387 e. The first-order valence-corrected chi connectivity index (χ1v) is 6.41. The smallest absolute Gasteiger partial charge is 0.0387 e. The molecule has 0 amide bonds. The van der Waals surface area contributed by atoms with Crippen molar-refractivity contribution in [1.82, 2.24) is 0 Å². The van der Waals surface area contributed by atoms with Crippen LogP contribution in [0.3, 0.4) is 0 Å². The van der Waals surface area contributed by atoms with Gasteiger partial charge in [-0.1, -0.05) is 16.1 Å². The number of halogens is 1. The van der Waals surface area contributed by atoms with Crippen molar-refractivity contribution in [3.05, 3.63) is 33.4 Å². The minimum Gasteiger partial charge on any atom is -0.398 e. The molecule has 0 radical (unpaired) electrons. The molecule has 64 valence electrons. The minimum absolute atomic E-state index is 0.0272. The van der Waals surface area contributed by atoms with Gasteiger partial charge in [-0.2, -0.15) is 0 Å². The summed E-state index contributed by atoms with van der Waals surface area (Å²) in [5.74, 6) is 0. The molecule has 0 saturated heterocycles. The third kappa shape index (κ3) is 2.44. The highest BCUT2D eigenvalue weighted by atomic mass is 127. The van der Waals surface area contributed by atoms with Crippen molar-refractivity contribution in [2.45, 2.75) is 6.92 Å². The highest BCUT2D eigenvalue weighted by Crippen LogP contribution is 2.16. The number of aryl methyl sites for hydroxylation is 1. The Labute approximate surface area is 83.0 Å². The number of hydrogen-bond acceptors (Lipinski definition) is 1. The lowest BCUT2D eigenvalue weighted by atomic mass is 10.1. The van der Waals surface area contributed by atoms with Gasteiger partial charge in [0.05, 0.1) is 0 Å². The van der Waals surface area contributed by atoms with Gasteiger partial charge in [0, 0.05) is 5.69 Å². The van der Waals surface area contributed by atoms with E-state index in [4.69, 9.17) is 5.73 Å². The lowest BCUT2D eigenvalue weighted by Gasteiger charge is -2.00. The van der Waals surface area contributed by atoms with Gasteiger partial charge in [-0.15, -0.1) is 20.7 Å². The molecule has 1 aromatic carbocycles. The van der Waals surface area contributed by atoms with E-state index in [-0.39, 0.29) is 20.7 Å². The second-order valence-electron chi connectivity index (χ2n) is 2.58. The van der Waals surface area contributed by atoms with Crippen LogP contribution >= 0.6 is 20.7 Å². The van der Waals surface area contributed by atoms with E-state index in [1.54, 1.807) is 0 Å². The predicted molar refractivity (Wildman–Crippen MR) is 65.8 cm³/mol. The third-order valence-electron chi connectivity index (χ3n) is 1.57. The average molecular weight is 273 g/mol. The van der Waals surface area contributed by atoms with Crippen LogP contribution in [-0.2, 0) is 0 Å². The first kappa shape index (κ1) is 9.45. The van der Waals surface area contributed by atoms with Crippen LogP contribution in [0.2, 0.25) is 0 Å². The van der Waals surface area contributed by atoms with E-state index in [0.717, 1.165) is 11.3 Å². The topological polar surface area (TPSA) is 26.0 Å². The lowest BCUT2D eigenvalue weighted by Crippen LogP contribution is -1.88. The summed E-state index contributed by atoms with van der Waals surface area (Å²) < 4.78 is 5.95. The highest BCUT2D eigenvalue weighted by Gasteiger charge is 1.93. The number of benzene rings is 1. The van der Waals surface area contributed by atoms with Crippen LogP contribution in [0.5, 0.6) is 0 Å². The molecule has 0 aromatic heterocycles. The summed E-state index contributed by atoms with van der Waals surface area (Å²) in [4.78, 5) is 0. The maximum absolute atomic E-state index is 5.77. The normalized spacial score (nSPS) is 10.8. The number of rotatable bonds is 2. The molecule has 0 atom stereocenters. The Balaban J connectivity index is 3.04. The molecule has 0 aliphatic heterocycles. The fourth-order valence-corrected chi connectivity index (χ4v) is 1.59. The van der Waals surface area contributed by atoms with Crippen LogP contribution in [0.25, 0.3) is 6.08 Å². The van der Waals surface area contributed by atoms with E-state index >= 15 is 0 Å². The zero-order valence-corrected chi connectivity index (χ0v) is 9.21. The molecule has 0 heterocycles. The van der Waals surface area contributed by atoms with Gasteiger partial charge in [0.15, 0.2) is 0 Å². The zero-order valence-electron chi connectivity index (χ0n) is 7.05. The monoisotopic (exact) mass is 273 g/mol. The van der Waals surface area contributed by atoms with Crippen LogP contribution < -0.4 is 5.73 Å². The summed E-state index contributed by atoms with van der Waals surface area (Å²) in [6.07, 6.45) is 2.06. The molecule has 0 fully saturated rings. The highest BCUT2D eigenvalue weighted by molar-refractivity contribution is 14.2. The van der Waals surface area contributed by atoms with E-state index in [1.807, 2.05) is 12.1 Å². The summed E-state index contributed by atoms with van der Waals surface area (Å²) in [6.45, 7) is 2.07. The second kappa shape index (κ2) is 4.40. The van der Waals surface area contributed by atoms with E-state index < -0.39 is 0 Å². The Morgan fingerprint density at radius 1 is 1.50 bits per heavy atom. The van der Waals surface area contributed by atoms with Gasteiger partial charge in [0.25, 0.3) is 0 Å². The molecule has 12 heavy (non-hydrogen) atoms. The number of nitrogen functional groups attached to an aromatic ring is 1. The second-order valence-corrected chi connectivity index (χ2v) is 4.18. The van der Waals surface area contributed by atoms with Gasteiger partial charge in [-0.25, -0.2) is 0 Å². The molecule has 0 spiro atoms. The summed E-state index contributed by atoms with van der Waals surface area (Å²) in [5.41, 5.74) is 8.96. The SMILES string of the molecule is C=I/C=C\c1cc(C)ccc1N. The minimum atomic E-state index is -0.0272. The van der Waals surface area contributed by atoms with Crippen molar-refractivity contribution in [2.75, 3.05) is 5.73 Å². The van der Waals surface area contributed by atoms with Gasteiger partial charge in [-0.3, -0.25) is 0 Å². The number of anilines is 1. The third-order valence-corrected chi connectivity index (χ3v) is 2.44. The molecule has 1 aromatic rings. The first-order valence-electron chi connectivity index (χ1n) is 3.63. The fourth-order valence-electron chi connectivity index (χ4n) is 0.951. The van der Waals surface area contributed by atoms with Gasteiger partial charge in [-0.05, 0) is 34.8 Å². The van der Waals surface area contributed by atoms with Crippen molar-refractivity contribution in [3.63, 3.8) is 0 Å². The first-order chi connectivity index (χ1) is 5.74. The van der Waals surface area contributed by atoms with E-state index in [2.05, 4.69) is 27.7 Å². The van der Waals surface area contributed by atoms with Crippen molar-refractivity contribution >= 4 is 37.0 Å². The van der Waals surface area contributed by atoms with Gasteiger partial charge < -0.3 is 5.73 Å². The van der Waals surface area contributed by atoms with E-state index in [0.29, 0.717) is 0 Å². The molecule has 0 unspecified atom stereocenters. The maximum atomic E-state index is 5.77. The molecule has 1 nitrogen and oxygen atoms in total. The van der Waals surface area contributed by atoms with Crippen molar-refractivity contribution < 1.29 is 0 Å². The van der Waals surface area contributed by atoms with Gasteiger partial charge in [0.1, 0.15) is 0 Å². The summed E-state index contributed by atoms with van der Waals surface area (Å²) in [6, 6.07) is 6.05. The number of nitrogens with two attached hydrogens (primary N) is 1. The Hall–Kier alpha value is -0.640. The Morgan fingerprint density at radius 3 is 2.92 bits per heavy atom. The summed E-state index contributed by atoms with van der Waals surface area (Å²) in [5, 5.41) is 0. The van der Waals surface area contributed by atoms with Crippen LogP contribution in [-0.4, -0.2) is 4.51 Å². The molecule has 0 aliphatic rings. The largest absolute Gasteiger partial charge is 0.398 e. The standard InChI is InChI=1S/C10H12IN/c1-8-3-4-10(12)9(7-8)5-6-11-2/h3-7H,2,12H2,1H3/b6-5-. The van der Waals surface area contributed by atoms with E-state index in [9.17, 15) is 0 Å². The Bertz CT molecular complexity index is 316.